The number of unbranched alkanes of at least 4 members (excludes halogenated alkanes) is 1. The first kappa shape index (κ1) is 22.2. The first-order chi connectivity index (χ1) is 14.4. The van der Waals surface area contributed by atoms with Crippen molar-refractivity contribution in [1.82, 2.24) is 4.72 Å². The molecule has 3 aromatic rings. The van der Waals surface area contributed by atoms with E-state index in [0.29, 0.717) is 19.4 Å². The van der Waals surface area contributed by atoms with Crippen molar-refractivity contribution >= 4 is 26.6 Å². The Morgan fingerprint density at radius 2 is 1.70 bits per heavy atom. The summed E-state index contributed by atoms with van der Waals surface area (Å²) < 4.78 is 28.8. The Balaban J connectivity index is 1.88. The van der Waals surface area contributed by atoms with Crippen LogP contribution in [0.2, 0.25) is 0 Å². The fraction of sp³-hybridized carbons (Fsp3) is 0.292. The summed E-state index contributed by atoms with van der Waals surface area (Å²) in [6.45, 7) is 2.40. The van der Waals surface area contributed by atoms with Gasteiger partial charge >= 0.3 is 0 Å². The van der Waals surface area contributed by atoms with E-state index in [1.54, 1.807) is 18.2 Å². The topological polar surface area (TPSA) is 89.3 Å². The Kier molecular flexibility index (Phi) is 7.37. The van der Waals surface area contributed by atoms with Gasteiger partial charge in [-0.3, -0.25) is 4.79 Å². The number of rotatable bonds is 10. The van der Waals surface area contributed by atoms with Gasteiger partial charge in [0.2, 0.25) is 10.0 Å². The van der Waals surface area contributed by atoms with E-state index in [-0.39, 0.29) is 10.7 Å². The Morgan fingerprint density at radius 3 is 2.43 bits per heavy atom. The van der Waals surface area contributed by atoms with E-state index < -0.39 is 16.1 Å². The number of Topliss-reactive ketones (excluding diaryl/α,β-unsaturated/α-hetero) is 1. The Morgan fingerprint density at radius 1 is 0.967 bits per heavy atom. The normalized spacial score (nSPS) is 12.7. The molecule has 0 unspecified atom stereocenters. The van der Waals surface area contributed by atoms with Gasteiger partial charge in [-0.1, -0.05) is 67.9 Å². The van der Waals surface area contributed by atoms with Crippen molar-refractivity contribution in [3.63, 3.8) is 0 Å². The summed E-state index contributed by atoms with van der Waals surface area (Å²) in [5.74, 6) is -0.0978. The van der Waals surface area contributed by atoms with Crippen LogP contribution in [0.15, 0.2) is 71.6 Å². The fourth-order valence-electron chi connectivity index (χ4n) is 3.46. The van der Waals surface area contributed by atoms with Crippen LogP contribution >= 0.6 is 0 Å². The molecule has 0 aromatic heterocycles. The number of benzene rings is 3. The van der Waals surface area contributed by atoms with Crippen LogP contribution in [0, 0.1) is 0 Å². The smallest absolute Gasteiger partial charge is 0.241 e. The molecule has 0 heterocycles. The summed E-state index contributed by atoms with van der Waals surface area (Å²) in [6, 6.07) is 19.4. The number of nitrogens with two attached hydrogens (primary N) is 1. The number of hydrogen-bond donors (Lipinski definition) is 2. The third-order valence-corrected chi connectivity index (χ3v) is 6.63. The quantitative estimate of drug-likeness (QED) is 0.516. The van der Waals surface area contributed by atoms with Gasteiger partial charge < -0.3 is 5.73 Å². The molecule has 6 heteroatoms. The summed E-state index contributed by atoms with van der Waals surface area (Å²) >= 11 is 0. The third-order valence-electron chi connectivity index (χ3n) is 5.16. The molecule has 0 fully saturated rings. The van der Waals surface area contributed by atoms with E-state index in [2.05, 4.69) is 4.72 Å². The van der Waals surface area contributed by atoms with Crippen LogP contribution in [0.5, 0.6) is 0 Å². The van der Waals surface area contributed by atoms with Crippen molar-refractivity contribution in [3.05, 3.63) is 77.9 Å². The van der Waals surface area contributed by atoms with Gasteiger partial charge in [0, 0.05) is 13.0 Å². The van der Waals surface area contributed by atoms with Crippen molar-refractivity contribution in [1.29, 1.82) is 0 Å². The SMILES string of the molecule is CCCCC(=O)[C@H](Cc1cccc(CN)c1)NS(=O)(=O)c1ccc2ccccc2c1. The second kappa shape index (κ2) is 9.98. The molecule has 0 saturated heterocycles. The van der Waals surface area contributed by atoms with Crippen molar-refractivity contribution in [2.75, 3.05) is 0 Å². The van der Waals surface area contributed by atoms with E-state index >= 15 is 0 Å². The van der Waals surface area contributed by atoms with Gasteiger partial charge in [0.1, 0.15) is 0 Å². The monoisotopic (exact) mass is 424 g/mol. The van der Waals surface area contributed by atoms with E-state index in [1.165, 1.54) is 0 Å². The molecule has 0 spiro atoms. The summed E-state index contributed by atoms with van der Waals surface area (Å²) in [5, 5.41) is 1.80. The third kappa shape index (κ3) is 5.53. The number of fused-ring (bicyclic) bond motifs is 1. The first-order valence-corrected chi connectivity index (χ1v) is 11.7. The molecule has 1 atom stereocenters. The van der Waals surface area contributed by atoms with Gasteiger partial charge in [-0.25, -0.2) is 13.1 Å². The predicted molar refractivity (Wildman–Crippen MR) is 121 cm³/mol. The molecule has 0 amide bonds. The van der Waals surface area contributed by atoms with E-state index in [0.717, 1.165) is 34.7 Å². The molecule has 3 aromatic carbocycles. The van der Waals surface area contributed by atoms with Crippen LogP contribution in [0.1, 0.15) is 37.3 Å². The Labute approximate surface area is 178 Å². The average molecular weight is 425 g/mol. The molecule has 0 aliphatic rings. The van der Waals surface area contributed by atoms with Crippen LogP contribution in [-0.4, -0.2) is 20.2 Å². The maximum absolute atomic E-state index is 13.1. The molecule has 0 aliphatic carbocycles. The van der Waals surface area contributed by atoms with Crippen LogP contribution in [0.3, 0.4) is 0 Å². The predicted octanol–water partition coefficient (Wildman–Crippen LogP) is 3.95. The second-order valence-corrected chi connectivity index (χ2v) is 9.19. The number of sulfonamides is 1. The maximum atomic E-state index is 13.1. The fourth-order valence-corrected chi connectivity index (χ4v) is 4.71. The van der Waals surface area contributed by atoms with Crippen molar-refractivity contribution in [2.24, 2.45) is 5.73 Å². The highest BCUT2D eigenvalue weighted by Gasteiger charge is 2.26. The maximum Gasteiger partial charge on any atom is 0.241 e. The minimum atomic E-state index is -3.85. The highest BCUT2D eigenvalue weighted by Crippen LogP contribution is 2.20. The molecule has 0 radical (unpaired) electrons. The van der Waals surface area contributed by atoms with Gasteiger partial charge in [0.05, 0.1) is 10.9 Å². The lowest BCUT2D eigenvalue weighted by Gasteiger charge is -2.19. The summed E-state index contributed by atoms with van der Waals surface area (Å²) in [7, 11) is -3.85. The van der Waals surface area contributed by atoms with E-state index in [9.17, 15) is 13.2 Å². The number of hydrogen-bond acceptors (Lipinski definition) is 4. The van der Waals surface area contributed by atoms with Crippen molar-refractivity contribution < 1.29 is 13.2 Å². The summed E-state index contributed by atoms with van der Waals surface area (Å²) in [5.41, 5.74) is 7.55. The molecule has 30 heavy (non-hydrogen) atoms. The van der Waals surface area contributed by atoms with Gasteiger partial charge in [-0.2, -0.15) is 0 Å². The number of ketones is 1. The van der Waals surface area contributed by atoms with Crippen LogP contribution in [-0.2, 0) is 27.8 Å². The molecule has 3 rings (SSSR count). The molecular formula is C24H28N2O3S. The van der Waals surface area contributed by atoms with Crippen LogP contribution < -0.4 is 10.5 Å². The molecule has 0 bridgehead atoms. The zero-order valence-corrected chi connectivity index (χ0v) is 18.0. The lowest BCUT2D eigenvalue weighted by atomic mass is 9.99. The molecule has 5 nitrogen and oxygen atoms in total. The lowest BCUT2D eigenvalue weighted by molar-refractivity contribution is -0.120. The molecule has 0 saturated carbocycles. The van der Waals surface area contributed by atoms with Crippen molar-refractivity contribution in [2.45, 2.75) is 50.1 Å². The molecular weight excluding hydrogens is 396 g/mol. The lowest BCUT2D eigenvalue weighted by Crippen LogP contribution is -2.42. The van der Waals surface area contributed by atoms with Gasteiger partial charge in [-0.05, 0) is 46.9 Å². The number of carbonyl (C=O) groups excluding carboxylic acids is 1. The zero-order valence-electron chi connectivity index (χ0n) is 17.2. The highest BCUT2D eigenvalue weighted by molar-refractivity contribution is 7.89. The second-order valence-electron chi connectivity index (χ2n) is 7.48. The van der Waals surface area contributed by atoms with Crippen LogP contribution in [0.4, 0.5) is 0 Å². The van der Waals surface area contributed by atoms with E-state index in [1.807, 2.05) is 55.5 Å². The number of carbonyl (C=O) groups is 1. The zero-order chi connectivity index (χ0) is 21.6. The Hall–Kier alpha value is -2.54. The van der Waals surface area contributed by atoms with Crippen LogP contribution in [0.25, 0.3) is 10.8 Å². The standard InChI is InChI=1S/C24H28N2O3S/c1-2-3-11-24(27)23(15-18-7-6-8-19(14-18)17-25)26-30(28,29)22-13-12-20-9-4-5-10-21(20)16-22/h4-10,12-14,16,23,26H,2-3,11,15,17,25H2,1H3/t23-/m0/s1. The molecule has 3 N–H and O–H groups in total. The molecule has 158 valence electrons. The van der Waals surface area contributed by atoms with Gasteiger partial charge in [0.25, 0.3) is 0 Å². The largest absolute Gasteiger partial charge is 0.326 e. The minimum Gasteiger partial charge on any atom is -0.326 e. The van der Waals surface area contributed by atoms with Crippen molar-refractivity contribution in [3.8, 4) is 0 Å². The van der Waals surface area contributed by atoms with Gasteiger partial charge in [-0.15, -0.1) is 0 Å². The number of nitrogens with one attached hydrogen (secondary N) is 1. The minimum absolute atomic E-state index is 0.0978. The van der Waals surface area contributed by atoms with Gasteiger partial charge in [0.15, 0.2) is 5.78 Å². The first-order valence-electron chi connectivity index (χ1n) is 10.2. The molecule has 0 aliphatic heterocycles. The Bertz CT molecular complexity index is 1130. The summed E-state index contributed by atoms with van der Waals surface area (Å²) in [4.78, 5) is 13.0. The average Bonchev–Trinajstić information content (AvgIpc) is 2.76. The summed E-state index contributed by atoms with van der Waals surface area (Å²) in [6.07, 6.45) is 2.25. The highest BCUT2D eigenvalue weighted by atomic mass is 32.2. The van der Waals surface area contributed by atoms with E-state index in [4.69, 9.17) is 5.73 Å².